The highest BCUT2D eigenvalue weighted by atomic mass is 32.2. The van der Waals surface area contributed by atoms with E-state index in [1.54, 1.807) is 6.92 Å². The summed E-state index contributed by atoms with van der Waals surface area (Å²) in [5.41, 5.74) is 7.67. The normalized spacial score (nSPS) is 10.6. The number of thiophene rings is 1. The predicted molar refractivity (Wildman–Crippen MR) is 98.5 cm³/mol. The Morgan fingerprint density at radius 2 is 2.20 bits per heavy atom. The fourth-order valence-electron chi connectivity index (χ4n) is 2.34. The molecule has 1 aromatic carbocycles. The van der Waals surface area contributed by atoms with Crippen LogP contribution in [0.3, 0.4) is 0 Å². The summed E-state index contributed by atoms with van der Waals surface area (Å²) in [6.07, 6.45) is 1.50. The molecular weight excluding hydrogens is 356 g/mol. The quantitative estimate of drug-likeness (QED) is 0.416. The largest absolute Gasteiger partial charge is 0.462 e. The van der Waals surface area contributed by atoms with Gasteiger partial charge >= 0.3 is 5.97 Å². The second kappa shape index (κ2) is 7.51. The van der Waals surface area contributed by atoms with E-state index in [1.807, 2.05) is 24.3 Å². The predicted octanol–water partition coefficient (Wildman–Crippen LogP) is 3.61. The van der Waals surface area contributed by atoms with Crippen molar-refractivity contribution in [3.05, 3.63) is 46.6 Å². The number of anilines is 1. The summed E-state index contributed by atoms with van der Waals surface area (Å²) >= 11 is 2.52. The Morgan fingerprint density at radius 3 is 2.96 bits per heavy atom. The summed E-state index contributed by atoms with van der Waals surface area (Å²) in [6.45, 7) is 2.00. The van der Waals surface area contributed by atoms with E-state index in [1.165, 1.54) is 18.1 Å². The number of nitriles is 1. The molecule has 0 radical (unpaired) electrons. The molecule has 0 aliphatic heterocycles. The van der Waals surface area contributed by atoms with E-state index >= 15 is 0 Å². The van der Waals surface area contributed by atoms with E-state index in [0.29, 0.717) is 26.8 Å². The van der Waals surface area contributed by atoms with Crippen LogP contribution in [-0.2, 0) is 10.5 Å². The minimum Gasteiger partial charge on any atom is -0.462 e. The summed E-state index contributed by atoms with van der Waals surface area (Å²) in [5.74, 6) is -0.0602. The highest BCUT2D eigenvalue weighted by Crippen LogP contribution is 2.36. The van der Waals surface area contributed by atoms with Crippen molar-refractivity contribution in [1.82, 2.24) is 9.97 Å². The summed E-state index contributed by atoms with van der Waals surface area (Å²) in [7, 11) is 0. The molecule has 0 amide bonds. The first-order valence-electron chi connectivity index (χ1n) is 7.46. The molecule has 2 N–H and O–H groups in total. The number of hydrogen-bond donors (Lipinski definition) is 1. The van der Waals surface area contributed by atoms with E-state index in [-0.39, 0.29) is 6.61 Å². The lowest BCUT2D eigenvalue weighted by Gasteiger charge is -2.06. The van der Waals surface area contributed by atoms with Crippen molar-refractivity contribution in [3.8, 4) is 6.07 Å². The maximum absolute atomic E-state index is 12.2. The van der Waals surface area contributed by atoms with Crippen molar-refractivity contribution in [2.75, 3.05) is 12.3 Å². The van der Waals surface area contributed by atoms with Gasteiger partial charge in [-0.25, -0.2) is 14.8 Å². The van der Waals surface area contributed by atoms with Crippen molar-refractivity contribution in [1.29, 1.82) is 5.26 Å². The standard InChI is InChI=1S/C17H14N4O2S2/c1-2-23-17(22)14-12(11(7-18)15(19)25-14)8-24-16-10-5-3-4-6-13(10)20-9-21-16/h3-6,9H,2,8,19H2,1H3. The van der Waals surface area contributed by atoms with Crippen LogP contribution in [0.1, 0.15) is 27.7 Å². The fraction of sp³-hybridized carbons (Fsp3) is 0.176. The molecule has 6 nitrogen and oxygen atoms in total. The van der Waals surface area contributed by atoms with Crippen LogP contribution in [0.4, 0.5) is 5.00 Å². The van der Waals surface area contributed by atoms with Gasteiger partial charge in [0.1, 0.15) is 27.3 Å². The van der Waals surface area contributed by atoms with E-state index < -0.39 is 5.97 Å². The Morgan fingerprint density at radius 1 is 1.40 bits per heavy atom. The molecule has 0 saturated heterocycles. The summed E-state index contributed by atoms with van der Waals surface area (Å²) in [6, 6.07) is 9.77. The van der Waals surface area contributed by atoms with Gasteiger partial charge in [-0.05, 0) is 13.0 Å². The molecule has 0 atom stereocenters. The first-order chi connectivity index (χ1) is 12.2. The smallest absolute Gasteiger partial charge is 0.348 e. The van der Waals surface area contributed by atoms with Gasteiger partial charge in [-0.15, -0.1) is 23.1 Å². The lowest BCUT2D eigenvalue weighted by atomic mass is 10.2. The number of fused-ring (bicyclic) bond motifs is 1. The van der Waals surface area contributed by atoms with Crippen LogP contribution in [-0.4, -0.2) is 22.5 Å². The maximum Gasteiger partial charge on any atom is 0.348 e. The Hall–Kier alpha value is -2.63. The van der Waals surface area contributed by atoms with Crippen molar-refractivity contribution < 1.29 is 9.53 Å². The molecule has 126 valence electrons. The van der Waals surface area contributed by atoms with Gasteiger partial charge < -0.3 is 10.5 Å². The minimum atomic E-state index is -0.455. The summed E-state index contributed by atoms with van der Waals surface area (Å²) in [5, 5.41) is 11.4. The maximum atomic E-state index is 12.2. The summed E-state index contributed by atoms with van der Waals surface area (Å²) in [4.78, 5) is 21.1. The molecule has 25 heavy (non-hydrogen) atoms. The number of thioether (sulfide) groups is 1. The van der Waals surface area contributed by atoms with Crippen LogP contribution in [0.2, 0.25) is 0 Å². The SMILES string of the molecule is CCOC(=O)c1sc(N)c(C#N)c1CSc1ncnc2ccccc12. The number of benzene rings is 1. The van der Waals surface area contributed by atoms with Gasteiger partial charge in [0, 0.05) is 16.7 Å². The Bertz CT molecular complexity index is 973. The molecule has 0 aliphatic rings. The zero-order chi connectivity index (χ0) is 17.8. The minimum absolute atomic E-state index is 0.266. The molecule has 3 rings (SSSR count). The zero-order valence-electron chi connectivity index (χ0n) is 13.4. The molecule has 3 aromatic rings. The second-order valence-corrected chi connectivity index (χ2v) is 6.98. The number of rotatable bonds is 5. The third kappa shape index (κ3) is 3.43. The monoisotopic (exact) mass is 370 g/mol. The first kappa shape index (κ1) is 17.2. The third-order valence-electron chi connectivity index (χ3n) is 3.47. The molecular formula is C17H14N4O2S2. The molecule has 8 heteroatoms. The number of para-hydroxylation sites is 1. The van der Waals surface area contributed by atoms with E-state index in [0.717, 1.165) is 27.3 Å². The molecule has 0 saturated carbocycles. The number of aromatic nitrogens is 2. The van der Waals surface area contributed by atoms with Crippen LogP contribution >= 0.6 is 23.1 Å². The van der Waals surface area contributed by atoms with Gasteiger partial charge in [0.15, 0.2) is 0 Å². The second-order valence-electron chi connectivity index (χ2n) is 4.97. The lowest BCUT2D eigenvalue weighted by Crippen LogP contribution is -2.05. The number of nitrogens with two attached hydrogens (primary N) is 1. The van der Waals surface area contributed by atoms with Gasteiger partial charge in [-0.2, -0.15) is 5.26 Å². The van der Waals surface area contributed by atoms with Gasteiger partial charge in [0.2, 0.25) is 0 Å². The average molecular weight is 370 g/mol. The van der Waals surface area contributed by atoms with Gasteiger partial charge in [0.25, 0.3) is 0 Å². The van der Waals surface area contributed by atoms with Crippen LogP contribution < -0.4 is 5.73 Å². The van der Waals surface area contributed by atoms with Crippen LogP contribution in [0, 0.1) is 11.3 Å². The molecule has 0 bridgehead atoms. The fourth-order valence-corrected chi connectivity index (χ4v) is 4.38. The molecule has 2 aromatic heterocycles. The van der Waals surface area contributed by atoms with Crippen molar-refractivity contribution in [3.63, 3.8) is 0 Å². The van der Waals surface area contributed by atoms with Crippen LogP contribution in [0.5, 0.6) is 0 Å². The highest BCUT2D eigenvalue weighted by Gasteiger charge is 2.23. The number of hydrogen-bond acceptors (Lipinski definition) is 8. The third-order valence-corrected chi connectivity index (χ3v) is 5.54. The first-order valence-corrected chi connectivity index (χ1v) is 9.26. The Kier molecular flexibility index (Phi) is 5.16. The number of carbonyl (C=O) groups excluding carboxylic acids is 1. The van der Waals surface area contributed by atoms with Crippen molar-refractivity contribution in [2.45, 2.75) is 17.7 Å². The highest BCUT2D eigenvalue weighted by molar-refractivity contribution is 7.98. The Balaban J connectivity index is 1.95. The number of carbonyl (C=O) groups is 1. The van der Waals surface area contributed by atoms with Crippen molar-refractivity contribution >= 4 is 45.0 Å². The van der Waals surface area contributed by atoms with Gasteiger partial charge in [-0.3, -0.25) is 0 Å². The van der Waals surface area contributed by atoms with E-state index in [2.05, 4.69) is 16.0 Å². The zero-order valence-corrected chi connectivity index (χ0v) is 15.0. The van der Waals surface area contributed by atoms with E-state index in [9.17, 15) is 10.1 Å². The van der Waals surface area contributed by atoms with Crippen molar-refractivity contribution in [2.24, 2.45) is 0 Å². The molecule has 0 fully saturated rings. The van der Waals surface area contributed by atoms with Gasteiger partial charge in [0.05, 0.1) is 17.7 Å². The summed E-state index contributed by atoms with van der Waals surface area (Å²) < 4.78 is 5.08. The molecule has 0 aliphatic carbocycles. The topological polar surface area (TPSA) is 102 Å². The number of esters is 1. The molecule has 0 spiro atoms. The molecule has 0 unspecified atom stereocenters. The van der Waals surface area contributed by atoms with Gasteiger partial charge in [-0.1, -0.05) is 18.2 Å². The lowest BCUT2D eigenvalue weighted by molar-refractivity contribution is 0.0531. The molecule has 2 heterocycles. The van der Waals surface area contributed by atoms with Crippen LogP contribution in [0.15, 0.2) is 35.6 Å². The van der Waals surface area contributed by atoms with E-state index in [4.69, 9.17) is 10.5 Å². The number of nitrogen functional groups attached to an aromatic ring is 1. The van der Waals surface area contributed by atoms with Crippen LogP contribution in [0.25, 0.3) is 10.9 Å². The number of nitrogens with zero attached hydrogens (tertiary/aromatic N) is 3. The average Bonchev–Trinajstić information content (AvgIpc) is 2.95. The number of ether oxygens (including phenoxy) is 1. The Labute approximate surface area is 152 Å².